The predicted molar refractivity (Wildman–Crippen MR) is 53.9 cm³/mol. The molecule has 1 aromatic rings. The average molecular weight is 217 g/mol. The number of rotatable bonds is 1. The van der Waals surface area contributed by atoms with Gasteiger partial charge in [0.05, 0.1) is 5.69 Å². The molecule has 1 N–H and O–H groups in total. The highest BCUT2D eigenvalue weighted by molar-refractivity contribution is 6.32. The van der Waals surface area contributed by atoms with Gasteiger partial charge in [-0.3, -0.25) is 4.68 Å². The molecule has 0 atom stereocenters. The maximum Gasteiger partial charge on any atom is 0.340 e. The number of hydrogen-bond donors (Lipinski definition) is 1. The monoisotopic (exact) mass is 216 g/mol. The van der Waals surface area contributed by atoms with Crippen molar-refractivity contribution >= 4 is 17.6 Å². The van der Waals surface area contributed by atoms with Gasteiger partial charge in [0.15, 0.2) is 0 Å². The molecule has 14 heavy (non-hydrogen) atoms. The summed E-state index contributed by atoms with van der Waals surface area (Å²) in [5, 5.41) is 13.3. The van der Waals surface area contributed by atoms with Crippen LogP contribution in [0.4, 0.5) is 0 Å². The van der Waals surface area contributed by atoms with E-state index in [0.29, 0.717) is 5.69 Å². The van der Waals surface area contributed by atoms with Gasteiger partial charge in [-0.2, -0.15) is 5.10 Å². The molecule has 5 heteroatoms. The fourth-order valence-corrected chi connectivity index (χ4v) is 1.43. The highest BCUT2D eigenvalue weighted by Gasteiger charge is 2.28. The van der Waals surface area contributed by atoms with E-state index in [0.717, 1.165) is 0 Å². The van der Waals surface area contributed by atoms with Crippen molar-refractivity contribution in [3.8, 4) is 0 Å². The van der Waals surface area contributed by atoms with Crippen molar-refractivity contribution in [3.63, 3.8) is 0 Å². The van der Waals surface area contributed by atoms with Gasteiger partial charge in [-0.15, -0.1) is 0 Å². The first kappa shape index (κ1) is 11.0. The van der Waals surface area contributed by atoms with Gasteiger partial charge in [-0.25, -0.2) is 4.79 Å². The van der Waals surface area contributed by atoms with Crippen LogP contribution in [0.15, 0.2) is 0 Å². The molecule has 0 aliphatic heterocycles. The molecular formula is C9H13ClN2O2. The van der Waals surface area contributed by atoms with Crippen LogP contribution in [0, 0.1) is 0 Å². The summed E-state index contributed by atoms with van der Waals surface area (Å²) in [6, 6.07) is 0. The van der Waals surface area contributed by atoms with Crippen LogP contribution in [0.2, 0.25) is 5.15 Å². The zero-order valence-electron chi connectivity index (χ0n) is 8.63. The van der Waals surface area contributed by atoms with E-state index >= 15 is 0 Å². The standard InChI is InChI=1S/C9H13ClN2O2/c1-9(2,3)6-5(8(13)14)7(10)12(4)11-6/h1-4H3,(H,13,14). The number of carboxylic acid groups (broad SMARTS) is 1. The van der Waals surface area contributed by atoms with Crippen LogP contribution in [0.3, 0.4) is 0 Å². The van der Waals surface area contributed by atoms with Crippen molar-refractivity contribution in [2.45, 2.75) is 26.2 Å². The molecule has 1 rings (SSSR count). The Labute approximate surface area is 87.5 Å². The van der Waals surface area contributed by atoms with Crippen LogP contribution in [0.1, 0.15) is 36.8 Å². The van der Waals surface area contributed by atoms with E-state index in [1.165, 1.54) is 4.68 Å². The van der Waals surface area contributed by atoms with Crippen molar-refractivity contribution in [1.29, 1.82) is 0 Å². The van der Waals surface area contributed by atoms with Gasteiger partial charge in [0.1, 0.15) is 10.7 Å². The minimum atomic E-state index is -1.03. The van der Waals surface area contributed by atoms with Gasteiger partial charge in [0.2, 0.25) is 0 Å². The van der Waals surface area contributed by atoms with Crippen LogP contribution in [-0.2, 0) is 12.5 Å². The molecule has 0 aromatic carbocycles. The molecule has 78 valence electrons. The first-order chi connectivity index (χ1) is 6.25. The number of hydrogen-bond acceptors (Lipinski definition) is 2. The highest BCUT2D eigenvalue weighted by atomic mass is 35.5. The van der Waals surface area contributed by atoms with Gasteiger partial charge in [-0.05, 0) is 0 Å². The third-order valence-electron chi connectivity index (χ3n) is 1.90. The molecule has 0 aliphatic rings. The van der Waals surface area contributed by atoms with Gasteiger partial charge < -0.3 is 5.11 Å². The van der Waals surface area contributed by atoms with Gasteiger partial charge in [0.25, 0.3) is 0 Å². The summed E-state index contributed by atoms with van der Waals surface area (Å²) in [5.41, 5.74) is 0.290. The normalized spacial score (nSPS) is 11.8. The third kappa shape index (κ3) is 1.75. The molecular weight excluding hydrogens is 204 g/mol. The average Bonchev–Trinajstić information content (AvgIpc) is 2.27. The Balaban J connectivity index is 3.45. The zero-order valence-corrected chi connectivity index (χ0v) is 9.38. The summed E-state index contributed by atoms with van der Waals surface area (Å²) < 4.78 is 1.38. The second-order valence-electron chi connectivity index (χ2n) is 4.19. The fraction of sp³-hybridized carbons (Fsp3) is 0.556. The first-order valence-electron chi connectivity index (χ1n) is 4.21. The topological polar surface area (TPSA) is 55.1 Å². The Morgan fingerprint density at radius 2 is 2.00 bits per heavy atom. The van der Waals surface area contributed by atoms with Crippen LogP contribution in [-0.4, -0.2) is 20.9 Å². The van der Waals surface area contributed by atoms with Crippen molar-refractivity contribution in [3.05, 3.63) is 16.4 Å². The second kappa shape index (κ2) is 3.28. The smallest absolute Gasteiger partial charge is 0.340 e. The van der Waals surface area contributed by atoms with Crippen LogP contribution in [0.5, 0.6) is 0 Å². The number of aryl methyl sites for hydroxylation is 1. The summed E-state index contributed by atoms with van der Waals surface area (Å²) in [6.45, 7) is 5.70. The summed E-state index contributed by atoms with van der Waals surface area (Å²) in [5.74, 6) is -1.03. The van der Waals surface area contributed by atoms with E-state index in [-0.39, 0.29) is 16.1 Å². The second-order valence-corrected chi connectivity index (χ2v) is 4.55. The summed E-state index contributed by atoms with van der Waals surface area (Å²) >= 11 is 5.83. The lowest BCUT2D eigenvalue weighted by Gasteiger charge is -2.15. The van der Waals surface area contributed by atoms with Gasteiger partial charge in [0, 0.05) is 12.5 Å². The molecule has 0 radical (unpaired) electrons. The summed E-state index contributed by atoms with van der Waals surface area (Å²) in [7, 11) is 1.63. The Bertz CT molecular complexity index is 377. The minimum absolute atomic E-state index is 0.0988. The van der Waals surface area contributed by atoms with Crippen molar-refractivity contribution in [1.82, 2.24) is 9.78 Å². The lowest BCUT2D eigenvalue weighted by atomic mass is 9.89. The molecule has 0 aliphatic carbocycles. The molecule has 0 fully saturated rings. The maximum atomic E-state index is 11.0. The van der Waals surface area contributed by atoms with E-state index in [4.69, 9.17) is 16.7 Å². The largest absolute Gasteiger partial charge is 0.478 e. The molecule has 1 heterocycles. The van der Waals surface area contributed by atoms with Crippen molar-refractivity contribution in [2.75, 3.05) is 0 Å². The number of halogens is 1. The summed E-state index contributed by atoms with van der Waals surface area (Å²) in [4.78, 5) is 11.0. The SMILES string of the molecule is Cn1nc(C(C)(C)C)c(C(=O)O)c1Cl. The molecule has 0 unspecified atom stereocenters. The minimum Gasteiger partial charge on any atom is -0.478 e. The Kier molecular flexibility index (Phi) is 2.58. The fourth-order valence-electron chi connectivity index (χ4n) is 1.22. The molecule has 0 saturated heterocycles. The lowest BCUT2D eigenvalue weighted by molar-refractivity contribution is 0.0694. The van der Waals surface area contributed by atoms with E-state index in [2.05, 4.69) is 5.10 Å². The van der Waals surface area contributed by atoms with E-state index in [1.807, 2.05) is 20.8 Å². The van der Waals surface area contributed by atoms with E-state index in [9.17, 15) is 4.79 Å². The quantitative estimate of drug-likeness (QED) is 0.782. The molecule has 1 aromatic heterocycles. The molecule has 0 amide bonds. The highest BCUT2D eigenvalue weighted by Crippen LogP contribution is 2.29. The van der Waals surface area contributed by atoms with Gasteiger partial charge in [-0.1, -0.05) is 32.4 Å². The number of carboxylic acids is 1. The van der Waals surface area contributed by atoms with Gasteiger partial charge >= 0.3 is 5.97 Å². The number of nitrogens with zero attached hydrogens (tertiary/aromatic N) is 2. The van der Waals surface area contributed by atoms with Crippen molar-refractivity contribution < 1.29 is 9.90 Å². The summed E-state index contributed by atoms with van der Waals surface area (Å²) in [6.07, 6.45) is 0. The Hall–Kier alpha value is -1.03. The first-order valence-corrected chi connectivity index (χ1v) is 4.59. The number of aromatic nitrogens is 2. The van der Waals surface area contributed by atoms with E-state index < -0.39 is 5.97 Å². The Morgan fingerprint density at radius 1 is 1.50 bits per heavy atom. The zero-order chi connectivity index (χ0) is 11.1. The maximum absolute atomic E-state index is 11.0. The molecule has 0 bridgehead atoms. The molecule has 0 saturated carbocycles. The van der Waals surface area contributed by atoms with E-state index in [1.54, 1.807) is 7.05 Å². The molecule has 4 nitrogen and oxygen atoms in total. The third-order valence-corrected chi connectivity index (χ3v) is 2.34. The number of carbonyl (C=O) groups is 1. The number of aromatic carboxylic acids is 1. The van der Waals surface area contributed by atoms with Crippen LogP contribution < -0.4 is 0 Å². The van der Waals surface area contributed by atoms with Crippen LogP contribution in [0.25, 0.3) is 0 Å². The Morgan fingerprint density at radius 3 is 2.29 bits per heavy atom. The van der Waals surface area contributed by atoms with Crippen molar-refractivity contribution in [2.24, 2.45) is 7.05 Å². The van der Waals surface area contributed by atoms with Crippen LogP contribution >= 0.6 is 11.6 Å². The lowest BCUT2D eigenvalue weighted by Crippen LogP contribution is -2.16. The predicted octanol–water partition coefficient (Wildman–Crippen LogP) is 2.07. The molecule has 0 spiro atoms.